The maximum absolute atomic E-state index is 12.7. The van der Waals surface area contributed by atoms with E-state index in [1.165, 1.54) is 6.07 Å². The van der Waals surface area contributed by atoms with Crippen molar-refractivity contribution in [2.75, 3.05) is 38.2 Å². The predicted molar refractivity (Wildman–Crippen MR) is 178 cm³/mol. The summed E-state index contributed by atoms with van der Waals surface area (Å²) in [6, 6.07) is 6.49. The molecule has 4 aromatic heterocycles. The van der Waals surface area contributed by atoms with Crippen LogP contribution in [0.2, 0.25) is 0 Å². The van der Waals surface area contributed by atoms with Gasteiger partial charge in [-0.25, -0.2) is 9.97 Å². The van der Waals surface area contributed by atoms with Crippen LogP contribution in [0.1, 0.15) is 42.8 Å². The highest BCUT2D eigenvalue weighted by molar-refractivity contribution is 5.93. The van der Waals surface area contributed by atoms with Crippen LogP contribution in [-0.2, 0) is 23.7 Å². The summed E-state index contributed by atoms with van der Waals surface area (Å²) in [7, 11) is 1.76. The number of hydrogen-bond acceptors (Lipinski definition) is 13. The molecule has 1 aromatic carbocycles. The Hall–Kier alpha value is -5.52. The van der Waals surface area contributed by atoms with Gasteiger partial charge in [0, 0.05) is 61.7 Å². The van der Waals surface area contributed by atoms with Gasteiger partial charge in [-0.15, -0.1) is 0 Å². The van der Waals surface area contributed by atoms with Gasteiger partial charge in [-0.05, 0) is 23.8 Å². The monoisotopic (exact) mass is 671 g/mol. The van der Waals surface area contributed by atoms with E-state index in [0.717, 1.165) is 13.1 Å². The lowest BCUT2D eigenvalue weighted by Gasteiger charge is -2.25. The number of nitrogens with zero attached hydrogens (tertiary/aromatic N) is 8. The molecule has 0 aliphatic carbocycles. The first kappa shape index (κ1) is 33.4. The number of morpholine rings is 1. The Labute approximate surface area is 280 Å². The van der Waals surface area contributed by atoms with Crippen molar-refractivity contribution in [3.8, 4) is 22.5 Å². The highest BCUT2D eigenvalue weighted by atomic mass is 16.6. The zero-order chi connectivity index (χ0) is 34.7. The number of aliphatic hydroxyl groups excluding tert-OH is 1. The second kappa shape index (κ2) is 13.9. The van der Waals surface area contributed by atoms with Gasteiger partial charge >= 0.3 is 11.8 Å². The van der Waals surface area contributed by atoms with E-state index in [0.29, 0.717) is 65.1 Å². The first-order valence-corrected chi connectivity index (χ1v) is 15.7. The molecule has 1 aliphatic heterocycles. The molecule has 4 N–H and O–H groups in total. The molecule has 5 aromatic rings. The number of fused-ring (bicyclic) bond motifs is 1. The number of aryl methyl sites for hydroxylation is 1. The highest BCUT2D eigenvalue weighted by Gasteiger charge is 2.25. The van der Waals surface area contributed by atoms with Crippen molar-refractivity contribution >= 4 is 28.6 Å². The number of carbonyl (C=O) groups excluding carboxylic acids is 1. The third kappa shape index (κ3) is 7.64. The van der Waals surface area contributed by atoms with Crippen LogP contribution in [-0.4, -0.2) is 94.8 Å². The zero-order valence-corrected chi connectivity index (χ0v) is 27.5. The van der Waals surface area contributed by atoms with E-state index >= 15 is 0 Å². The van der Waals surface area contributed by atoms with Crippen LogP contribution >= 0.6 is 0 Å². The molecule has 5 heterocycles. The minimum absolute atomic E-state index is 0.131. The Morgan fingerprint density at radius 2 is 2.00 bits per heavy atom. The predicted octanol–water partition coefficient (Wildman–Crippen LogP) is 3.16. The van der Waals surface area contributed by atoms with Gasteiger partial charge in [-0.3, -0.25) is 24.5 Å². The molecule has 256 valence electrons. The second-order valence-corrected chi connectivity index (χ2v) is 12.6. The lowest BCUT2D eigenvalue weighted by molar-refractivity contribution is -0.385. The van der Waals surface area contributed by atoms with Crippen molar-refractivity contribution in [1.82, 2.24) is 45.1 Å². The number of nitrogens with one attached hydrogen (secondary N) is 3. The molecule has 0 spiro atoms. The molecule has 1 aliphatic rings. The van der Waals surface area contributed by atoms with E-state index in [1.54, 1.807) is 48.4 Å². The fraction of sp³-hybridized carbons (Fsp3) is 0.375. The number of hydrogen-bond donors (Lipinski definition) is 4. The minimum Gasteiger partial charge on any atom is -0.379 e. The summed E-state index contributed by atoms with van der Waals surface area (Å²) in [5.74, 6) is 0.367. The number of benzene rings is 1. The summed E-state index contributed by atoms with van der Waals surface area (Å²) in [6.07, 6.45) is 5.91. The van der Waals surface area contributed by atoms with Crippen molar-refractivity contribution in [3.63, 3.8) is 0 Å². The molecule has 0 radical (unpaired) electrons. The first-order valence-electron chi connectivity index (χ1n) is 15.7. The fourth-order valence-corrected chi connectivity index (χ4v) is 5.28. The Morgan fingerprint density at radius 3 is 2.73 bits per heavy atom. The van der Waals surface area contributed by atoms with Gasteiger partial charge < -0.3 is 30.0 Å². The number of ether oxygens (including phenoxy) is 1. The lowest BCUT2D eigenvalue weighted by atomic mass is 9.96. The molecule has 1 atom stereocenters. The molecular formula is C32H37N11O6. The lowest BCUT2D eigenvalue weighted by Crippen LogP contribution is -2.36. The molecule has 1 fully saturated rings. The number of amides is 1. The van der Waals surface area contributed by atoms with E-state index in [1.807, 2.05) is 26.8 Å². The molecule has 1 unspecified atom stereocenters. The summed E-state index contributed by atoms with van der Waals surface area (Å²) in [4.78, 5) is 43.0. The molecule has 49 heavy (non-hydrogen) atoms. The third-order valence-electron chi connectivity index (χ3n) is 7.87. The van der Waals surface area contributed by atoms with Crippen LogP contribution in [0.3, 0.4) is 0 Å². The summed E-state index contributed by atoms with van der Waals surface area (Å²) in [5.41, 5.74) is 2.41. The van der Waals surface area contributed by atoms with E-state index in [2.05, 4.69) is 45.7 Å². The Morgan fingerprint density at radius 1 is 1.20 bits per heavy atom. The summed E-state index contributed by atoms with van der Waals surface area (Å²) >= 11 is 0. The normalized spacial score (nSPS) is 14.8. The number of nitro benzene ring substituents is 1. The van der Waals surface area contributed by atoms with E-state index in [9.17, 15) is 20.0 Å². The first-order chi connectivity index (χ1) is 23.5. The van der Waals surface area contributed by atoms with E-state index in [4.69, 9.17) is 9.26 Å². The smallest absolute Gasteiger partial charge is 0.315 e. The van der Waals surface area contributed by atoms with Gasteiger partial charge in [-0.2, -0.15) is 10.1 Å². The zero-order valence-electron chi connectivity index (χ0n) is 27.5. The van der Waals surface area contributed by atoms with Crippen LogP contribution < -0.4 is 10.6 Å². The average molecular weight is 672 g/mol. The van der Waals surface area contributed by atoms with Crippen LogP contribution in [0.25, 0.3) is 33.7 Å². The number of H-pyrrole nitrogens is 1. The van der Waals surface area contributed by atoms with Crippen molar-refractivity contribution in [3.05, 3.63) is 76.2 Å². The fourth-order valence-electron chi connectivity index (χ4n) is 5.28. The van der Waals surface area contributed by atoms with Gasteiger partial charge in [0.25, 0.3) is 5.69 Å². The number of aliphatic hydroxyl groups is 1. The quantitative estimate of drug-likeness (QED) is 0.0688. The summed E-state index contributed by atoms with van der Waals surface area (Å²) in [6.45, 7) is 9.31. The molecule has 6 rings (SSSR count). The molecule has 0 saturated carbocycles. The standard InChI is InChI=1S/C32H37N11O6/c1-32(2,3)31-38-30(49-40-31)29(45)34-17-20-8-7-19(16-23(20)43(46)47)21-9-10-33-28-25(21)36-26(37-28)22-18-41(4)39-27(22)35-24(44)6-5-11-42-12-14-48-15-13-42/h5-10,16,18,24,44H,11-15,17H2,1-4H3,(H,34,45)(H,35,39)(H,33,36,37)/b6-5+. The van der Waals surface area contributed by atoms with Gasteiger partial charge in [0.05, 0.1) is 35.8 Å². The average Bonchev–Trinajstić information content (AvgIpc) is 3.82. The van der Waals surface area contributed by atoms with Crippen molar-refractivity contribution < 1.29 is 24.1 Å². The highest BCUT2D eigenvalue weighted by Crippen LogP contribution is 2.33. The number of rotatable bonds is 11. The van der Waals surface area contributed by atoms with Gasteiger partial charge in [0.2, 0.25) is 0 Å². The van der Waals surface area contributed by atoms with Crippen LogP contribution in [0, 0.1) is 10.1 Å². The Kier molecular flexibility index (Phi) is 9.48. The third-order valence-corrected chi connectivity index (χ3v) is 7.87. The summed E-state index contributed by atoms with van der Waals surface area (Å²) in [5, 5.41) is 36.8. The molecule has 0 bridgehead atoms. The van der Waals surface area contributed by atoms with Crippen LogP contribution in [0.4, 0.5) is 11.5 Å². The largest absolute Gasteiger partial charge is 0.379 e. The number of nitro groups is 1. The topological polar surface area (TPSA) is 215 Å². The minimum atomic E-state index is -0.996. The number of pyridine rings is 1. The SMILES string of the molecule is Cn1cc(-c2nc3nccc(-c4ccc(CNC(=O)c5nc(C(C)(C)C)no5)c([N+](=O)[O-])c4)c3[nH]2)c(NC(O)/C=C/CN2CCOCC2)n1. The van der Waals surface area contributed by atoms with Crippen LogP contribution in [0.15, 0.2) is 53.3 Å². The second-order valence-electron chi connectivity index (χ2n) is 12.6. The maximum Gasteiger partial charge on any atom is 0.315 e. The molecule has 17 nitrogen and oxygen atoms in total. The molecular weight excluding hydrogens is 634 g/mol. The van der Waals surface area contributed by atoms with Crippen LogP contribution in [0.5, 0.6) is 0 Å². The number of aromatic nitrogens is 7. The molecule has 1 saturated heterocycles. The summed E-state index contributed by atoms with van der Waals surface area (Å²) < 4.78 is 12.1. The Bertz CT molecular complexity index is 2000. The van der Waals surface area contributed by atoms with Gasteiger partial charge in [0.15, 0.2) is 17.3 Å². The Balaban J connectivity index is 1.21. The van der Waals surface area contributed by atoms with E-state index in [-0.39, 0.29) is 23.7 Å². The number of imidazole rings is 1. The number of anilines is 1. The number of carbonyl (C=O) groups is 1. The molecule has 1 amide bonds. The van der Waals surface area contributed by atoms with E-state index < -0.39 is 22.5 Å². The van der Waals surface area contributed by atoms with Crippen molar-refractivity contribution in [1.29, 1.82) is 0 Å². The number of aromatic amines is 1. The maximum atomic E-state index is 12.7. The molecule has 17 heteroatoms. The van der Waals surface area contributed by atoms with Crippen molar-refractivity contribution in [2.45, 2.75) is 39.0 Å². The van der Waals surface area contributed by atoms with Gasteiger partial charge in [-0.1, -0.05) is 38.1 Å². The van der Waals surface area contributed by atoms with Crippen molar-refractivity contribution in [2.24, 2.45) is 7.05 Å². The van der Waals surface area contributed by atoms with Gasteiger partial charge in [0.1, 0.15) is 12.1 Å².